The van der Waals surface area contributed by atoms with Crippen LogP contribution < -0.4 is 10.0 Å². The van der Waals surface area contributed by atoms with Gasteiger partial charge in [-0.1, -0.05) is 74.5 Å². The predicted molar refractivity (Wildman–Crippen MR) is 116 cm³/mol. The lowest BCUT2D eigenvalue weighted by molar-refractivity contribution is -0.255. The highest BCUT2D eigenvalue weighted by molar-refractivity contribution is 6.01. The number of hydrogen-bond acceptors (Lipinski definition) is 4. The minimum atomic E-state index is -1.17. The summed E-state index contributed by atoms with van der Waals surface area (Å²) in [6.07, 6.45) is 10.9. The van der Waals surface area contributed by atoms with Crippen LogP contribution in [-0.4, -0.2) is 11.8 Å². The third kappa shape index (κ3) is 3.64. The molecule has 0 aromatic heterocycles. The lowest BCUT2D eigenvalue weighted by Gasteiger charge is -2.27. The molecular formula is C26H22NO3-. The summed E-state index contributed by atoms with van der Waals surface area (Å²) < 4.78 is 0. The molecule has 0 N–H and O–H groups in total. The maximum Gasteiger partial charge on any atom is 0.178 e. The number of anilines is 1. The predicted octanol–water partition coefficient (Wildman–Crippen LogP) is 3.85. The standard InChI is InChI=1S/C26H23NO3/c1-26(2)22-5-3-4-6-23(22)27(17-19-7-12-20(13-8-19)25(29)30)24(26)16-11-18-9-14-21(28)15-10-18/h3-16H,17H2,1-2H3,(H,29,30)/p-1/b24-16+. The summed E-state index contributed by atoms with van der Waals surface area (Å²) in [5.41, 5.74) is 5.47. The van der Waals surface area contributed by atoms with E-state index in [1.807, 2.05) is 42.5 Å². The molecule has 2 aromatic rings. The highest BCUT2D eigenvalue weighted by Crippen LogP contribution is 2.48. The summed E-state index contributed by atoms with van der Waals surface area (Å²) >= 11 is 0. The Labute approximate surface area is 176 Å². The first-order valence-electron chi connectivity index (χ1n) is 9.86. The van der Waals surface area contributed by atoms with Crippen LogP contribution in [0.25, 0.3) is 0 Å². The van der Waals surface area contributed by atoms with Gasteiger partial charge in [0.1, 0.15) is 0 Å². The Balaban J connectivity index is 1.73. The molecule has 1 aliphatic heterocycles. The summed E-state index contributed by atoms with van der Waals surface area (Å²) in [5.74, 6) is -1.18. The molecule has 0 amide bonds. The van der Waals surface area contributed by atoms with Crippen molar-refractivity contribution in [3.63, 3.8) is 0 Å². The fourth-order valence-corrected chi connectivity index (χ4v) is 3.99. The van der Waals surface area contributed by atoms with Gasteiger partial charge in [0.05, 0.1) is 5.97 Å². The van der Waals surface area contributed by atoms with E-state index in [2.05, 4.69) is 37.0 Å². The van der Waals surface area contributed by atoms with Crippen LogP contribution in [-0.2, 0) is 16.8 Å². The molecule has 150 valence electrons. The molecule has 4 nitrogen and oxygen atoms in total. The zero-order valence-electron chi connectivity index (χ0n) is 17.0. The Morgan fingerprint density at radius 1 is 0.967 bits per heavy atom. The lowest BCUT2D eigenvalue weighted by Crippen LogP contribution is -2.26. The minimum Gasteiger partial charge on any atom is -0.545 e. The van der Waals surface area contributed by atoms with Gasteiger partial charge >= 0.3 is 0 Å². The summed E-state index contributed by atoms with van der Waals surface area (Å²) in [6.45, 7) is 5.02. The number of benzene rings is 2. The highest BCUT2D eigenvalue weighted by Gasteiger charge is 2.39. The number of carbonyl (C=O) groups is 2. The number of ketones is 1. The van der Waals surface area contributed by atoms with Crippen LogP contribution in [0.3, 0.4) is 0 Å². The largest absolute Gasteiger partial charge is 0.545 e. The molecule has 4 rings (SSSR count). The van der Waals surface area contributed by atoms with E-state index in [4.69, 9.17) is 0 Å². The number of carboxylic acid groups (broad SMARTS) is 1. The molecule has 0 atom stereocenters. The normalized spacial score (nSPS) is 18.1. The van der Waals surface area contributed by atoms with Crippen molar-refractivity contribution in [3.8, 4) is 0 Å². The zero-order chi connectivity index (χ0) is 21.3. The topological polar surface area (TPSA) is 60.4 Å². The zero-order valence-corrected chi connectivity index (χ0v) is 17.0. The maximum absolute atomic E-state index is 11.4. The van der Waals surface area contributed by atoms with Crippen molar-refractivity contribution in [3.05, 3.63) is 113 Å². The smallest absolute Gasteiger partial charge is 0.178 e. The van der Waals surface area contributed by atoms with Crippen molar-refractivity contribution in [2.75, 3.05) is 4.90 Å². The molecule has 1 aliphatic carbocycles. The number of nitrogens with zero attached hydrogens (tertiary/aromatic N) is 1. The number of aromatic carboxylic acids is 1. The van der Waals surface area contributed by atoms with Gasteiger partial charge in [-0.05, 0) is 46.6 Å². The van der Waals surface area contributed by atoms with E-state index < -0.39 is 5.97 Å². The van der Waals surface area contributed by atoms with Gasteiger partial charge in [-0.3, -0.25) is 4.79 Å². The monoisotopic (exact) mass is 396 g/mol. The van der Waals surface area contributed by atoms with Crippen molar-refractivity contribution in [1.29, 1.82) is 0 Å². The molecule has 0 saturated carbocycles. The van der Waals surface area contributed by atoms with E-state index in [0.29, 0.717) is 6.54 Å². The third-order valence-corrected chi connectivity index (χ3v) is 5.64. The number of carbonyl (C=O) groups excluding carboxylic acids is 2. The molecule has 0 saturated heterocycles. The number of rotatable bonds is 4. The van der Waals surface area contributed by atoms with Crippen LogP contribution in [0.4, 0.5) is 5.69 Å². The Bertz CT molecular complexity index is 1110. The summed E-state index contributed by atoms with van der Waals surface area (Å²) in [7, 11) is 0. The maximum atomic E-state index is 11.4. The fraction of sp³-hybridized carbons (Fsp3) is 0.154. The van der Waals surface area contributed by atoms with Gasteiger partial charge in [0.25, 0.3) is 0 Å². The molecule has 2 aliphatic rings. The average Bonchev–Trinajstić information content (AvgIpc) is 2.95. The number of allylic oxidation sites excluding steroid dienone is 8. The third-order valence-electron chi connectivity index (χ3n) is 5.64. The van der Waals surface area contributed by atoms with Gasteiger partial charge in [-0.2, -0.15) is 0 Å². The second-order valence-electron chi connectivity index (χ2n) is 8.00. The quantitative estimate of drug-likeness (QED) is 0.788. The number of hydrogen-bond donors (Lipinski definition) is 0. The first-order chi connectivity index (χ1) is 14.4. The first-order valence-corrected chi connectivity index (χ1v) is 9.86. The van der Waals surface area contributed by atoms with Gasteiger partial charge < -0.3 is 14.8 Å². The molecular weight excluding hydrogens is 374 g/mol. The van der Waals surface area contributed by atoms with Crippen LogP contribution in [0.2, 0.25) is 0 Å². The average molecular weight is 396 g/mol. The summed E-state index contributed by atoms with van der Waals surface area (Å²) in [6, 6.07) is 15.2. The second kappa shape index (κ2) is 7.64. The fourth-order valence-electron chi connectivity index (χ4n) is 3.99. The molecule has 2 aromatic carbocycles. The number of carboxylic acids is 1. The number of para-hydroxylation sites is 1. The van der Waals surface area contributed by atoms with Crippen molar-refractivity contribution < 1.29 is 14.7 Å². The van der Waals surface area contributed by atoms with Crippen LogP contribution in [0.1, 0.15) is 35.3 Å². The summed E-state index contributed by atoms with van der Waals surface area (Å²) in [5, 5.41) is 11.0. The highest BCUT2D eigenvalue weighted by atomic mass is 16.4. The Morgan fingerprint density at radius 3 is 2.30 bits per heavy atom. The van der Waals surface area contributed by atoms with Crippen molar-refractivity contribution in [2.24, 2.45) is 0 Å². The molecule has 0 unspecified atom stereocenters. The van der Waals surface area contributed by atoms with Crippen LogP contribution >= 0.6 is 0 Å². The first kappa shape index (κ1) is 19.6. The van der Waals surface area contributed by atoms with Crippen LogP contribution in [0.5, 0.6) is 0 Å². The van der Waals surface area contributed by atoms with Gasteiger partial charge in [0.15, 0.2) is 5.78 Å². The van der Waals surface area contributed by atoms with E-state index in [1.165, 1.54) is 5.56 Å². The van der Waals surface area contributed by atoms with Crippen LogP contribution in [0, 0.1) is 0 Å². The van der Waals surface area contributed by atoms with E-state index >= 15 is 0 Å². The van der Waals surface area contributed by atoms with E-state index in [-0.39, 0.29) is 16.8 Å². The Hall–Kier alpha value is -3.66. The van der Waals surface area contributed by atoms with Gasteiger partial charge in [0.2, 0.25) is 0 Å². The van der Waals surface area contributed by atoms with Gasteiger partial charge in [-0.25, -0.2) is 0 Å². The second-order valence-corrected chi connectivity index (χ2v) is 8.00. The van der Waals surface area contributed by atoms with Gasteiger partial charge in [-0.15, -0.1) is 0 Å². The van der Waals surface area contributed by atoms with Crippen molar-refractivity contribution in [2.45, 2.75) is 25.8 Å². The molecule has 0 bridgehead atoms. The SMILES string of the molecule is CC1(C)/C(=C\C=C2C=CC(=O)C=C2)N(Cc2ccc(C(=O)[O-])cc2)c2ccccc21. The molecule has 0 radical (unpaired) electrons. The van der Waals surface area contributed by atoms with Crippen LogP contribution in [0.15, 0.2) is 96.3 Å². The lowest BCUT2D eigenvalue weighted by atomic mass is 9.83. The Kier molecular flexibility index (Phi) is 5.00. The minimum absolute atomic E-state index is 0.00459. The Morgan fingerprint density at radius 2 is 1.63 bits per heavy atom. The molecule has 4 heteroatoms. The summed E-state index contributed by atoms with van der Waals surface area (Å²) in [4.78, 5) is 24.7. The molecule has 0 spiro atoms. The molecule has 1 heterocycles. The molecule has 0 fully saturated rings. The van der Waals surface area contributed by atoms with E-state index in [9.17, 15) is 14.7 Å². The molecule has 30 heavy (non-hydrogen) atoms. The van der Waals surface area contributed by atoms with Gasteiger partial charge in [0, 0.05) is 23.3 Å². The number of fused-ring (bicyclic) bond motifs is 1. The van der Waals surface area contributed by atoms with Crippen molar-refractivity contribution in [1.82, 2.24) is 0 Å². The van der Waals surface area contributed by atoms with E-state index in [1.54, 1.807) is 24.3 Å². The van der Waals surface area contributed by atoms with Crippen molar-refractivity contribution >= 4 is 17.4 Å². The van der Waals surface area contributed by atoms with E-state index in [0.717, 1.165) is 22.5 Å².